The molecule has 35 heavy (non-hydrogen) atoms. The van der Waals surface area contributed by atoms with Crippen LogP contribution in [-0.4, -0.2) is 17.7 Å². The highest BCUT2D eigenvalue weighted by molar-refractivity contribution is 5.69. The lowest BCUT2D eigenvalue weighted by atomic mass is 9.88. The van der Waals surface area contributed by atoms with Crippen LogP contribution in [0.25, 0.3) is 0 Å². The zero-order chi connectivity index (χ0) is 25.6. The van der Waals surface area contributed by atoms with Gasteiger partial charge in [-0.1, -0.05) is 129 Å². The zero-order valence-corrected chi connectivity index (χ0v) is 23.4. The van der Waals surface area contributed by atoms with Crippen molar-refractivity contribution < 1.29 is 14.6 Å². The van der Waals surface area contributed by atoms with E-state index < -0.39 is 0 Å². The van der Waals surface area contributed by atoms with Crippen LogP contribution >= 0.6 is 0 Å². The largest absolute Gasteiger partial charge is 0.508 e. The summed E-state index contributed by atoms with van der Waals surface area (Å²) < 4.78 is 5.49. The molecule has 0 bridgehead atoms. The zero-order valence-electron chi connectivity index (χ0n) is 23.4. The first-order valence-electron chi connectivity index (χ1n) is 15.1. The van der Waals surface area contributed by atoms with Gasteiger partial charge in [-0.05, 0) is 49.1 Å². The van der Waals surface area contributed by atoms with E-state index in [1.807, 2.05) is 18.2 Å². The Labute approximate surface area is 217 Å². The maximum atomic E-state index is 11.9. The van der Waals surface area contributed by atoms with Gasteiger partial charge in [0.05, 0.1) is 6.61 Å². The predicted molar refractivity (Wildman–Crippen MR) is 150 cm³/mol. The number of hydrogen-bond donors (Lipinski definition) is 1. The quantitative estimate of drug-likeness (QED) is 0.123. The van der Waals surface area contributed by atoms with Crippen LogP contribution in [0, 0.1) is 5.92 Å². The fourth-order valence-corrected chi connectivity index (χ4v) is 5.07. The standard InChI is InChI=1S/C32H56O3/c1-4-7-22-28(6-3)27-35-32(34)26-18-16-14-12-10-8-9-11-13-15-17-23-29(21-5-2)30-24-19-20-25-31(30)33/h19-20,24-25,28-29,33H,4-18,21-23,26-27H2,1-3H3. The third-order valence-corrected chi connectivity index (χ3v) is 7.47. The molecule has 0 amide bonds. The van der Waals surface area contributed by atoms with Crippen LogP contribution < -0.4 is 0 Å². The Balaban J connectivity index is 1.94. The average Bonchev–Trinajstić information content (AvgIpc) is 2.86. The van der Waals surface area contributed by atoms with Crippen molar-refractivity contribution >= 4 is 5.97 Å². The Morgan fingerprint density at radius 2 is 1.34 bits per heavy atom. The second-order valence-electron chi connectivity index (χ2n) is 10.6. The van der Waals surface area contributed by atoms with E-state index in [4.69, 9.17) is 4.74 Å². The number of esters is 1. The number of phenols is 1. The fraction of sp³-hybridized carbons (Fsp3) is 0.781. The molecule has 2 atom stereocenters. The van der Waals surface area contributed by atoms with Crippen LogP contribution in [0.1, 0.15) is 154 Å². The van der Waals surface area contributed by atoms with Crippen molar-refractivity contribution in [3.8, 4) is 5.75 Å². The second-order valence-corrected chi connectivity index (χ2v) is 10.6. The summed E-state index contributed by atoms with van der Waals surface area (Å²) in [6, 6.07) is 7.88. The minimum atomic E-state index is 0.00142. The molecular formula is C32H56O3. The van der Waals surface area contributed by atoms with Gasteiger partial charge < -0.3 is 9.84 Å². The summed E-state index contributed by atoms with van der Waals surface area (Å²) in [5.74, 6) is 1.51. The minimum Gasteiger partial charge on any atom is -0.508 e. The second kappa shape index (κ2) is 21.7. The topological polar surface area (TPSA) is 46.5 Å². The third-order valence-electron chi connectivity index (χ3n) is 7.47. The summed E-state index contributed by atoms with van der Waals surface area (Å²) in [6.07, 6.45) is 22.8. The van der Waals surface area contributed by atoms with Gasteiger partial charge in [-0.15, -0.1) is 0 Å². The fourth-order valence-electron chi connectivity index (χ4n) is 5.07. The summed E-state index contributed by atoms with van der Waals surface area (Å²) in [7, 11) is 0. The summed E-state index contributed by atoms with van der Waals surface area (Å²) >= 11 is 0. The molecule has 0 aliphatic carbocycles. The van der Waals surface area contributed by atoms with Crippen molar-refractivity contribution in [1.82, 2.24) is 0 Å². The van der Waals surface area contributed by atoms with E-state index in [9.17, 15) is 9.90 Å². The molecule has 0 saturated carbocycles. The number of para-hydroxylation sites is 1. The molecule has 0 aliphatic rings. The van der Waals surface area contributed by atoms with Crippen molar-refractivity contribution in [1.29, 1.82) is 0 Å². The lowest BCUT2D eigenvalue weighted by Crippen LogP contribution is -2.13. The third kappa shape index (κ3) is 16.0. The highest BCUT2D eigenvalue weighted by Crippen LogP contribution is 2.33. The first-order chi connectivity index (χ1) is 17.1. The highest BCUT2D eigenvalue weighted by atomic mass is 16.5. The van der Waals surface area contributed by atoms with Crippen molar-refractivity contribution in [2.75, 3.05) is 6.61 Å². The van der Waals surface area contributed by atoms with Gasteiger partial charge in [0, 0.05) is 6.42 Å². The molecule has 0 heterocycles. The van der Waals surface area contributed by atoms with Crippen LogP contribution in [0.3, 0.4) is 0 Å². The van der Waals surface area contributed by atoms with Crippen LogP contribution in [0.15, 0.2) is 24.3 Å². The molecule has 1 rings (SSSR count). The molecule has 0 aliphatic heterocycles. The lowest BCUT2D eigenvalue weighted by molar-refractivity contribution is -0.145. The number of rotatable bonds is 23. The van der Waals surface area contributed by atoms with Crippen molar-refractivity contribution in [2.24, 2.45) is 5.92 Å². The van der Waals surface area contributed by atoms with E-state index in [1.54, 1.807) is 0 Å². The van der Waals surface area contributed by atoms with Crippen molar-refractivity contribution in [3.05, 3.63) is 29.8 Å². The molecule has 1 aromatic rings. The summed E-state index contributed by atoms with van der Waals surface area (Å²) in [5.41, 5.74) is 1.14. The van der Waals surface area contributed by atoms with Gasteiger partial charge >= 0.3 is 5.97 Å². The van der Waals surface area contributed by atoms with E-state index in [1.165, 1.54) is 89.9 Å². The van der Waals surface area contributed by atoms with Crippen LogP contribution in [0.4, 0.5) is 0 Å². The van der Waals surface area contributed by atoms with Crippen LogP contribution in [0.2, 0.25) is 0 Å². The van der Waals surface area contributed by atoms with Gasteiger partial charge in [0.2, 0.25) is 0 Å². The molecule has 0 fully saturated rings. The number of carbonyl (C=O) groups is 1. The van der Waals surface area contributed by atoms with Crippen LogP contribution in [-0.2, 0) is 9.53 Å². The maximum Gasteiger partial charge on any atom is 0.305 e. The predicted octanol–water partition coefficient (Wildman–Crippen LogP) is 10.1. The molecule has 0 aromatic heterocycles. The Bertz CT molecular complexity index is 627. The number of aromatic hydroxyl groups is 1. The normalized spacial score (nSPS) is 13.0. The van der Waals surface area contributed by atoms with Gasteiger partial charge in [-0.2, -0.15) is 0 Å². The molecular weight excluding hydrogens is 432 g/mol. The lowest BCUT2D eigenvalue weighted by Gasteiger charge is -2.17. The molecule has 2 unspecified atom stereocenters. The van der Waals surface area contributed by atoms with Gasteiger partial charge in [0.25, 0.3) is 0 Å². The Morgan fingerprint density at radius 1 is 0.743 bits per heavy atom. The molecule has 0 saturated heterocycles. The average molecular weight is 489 g/mol. The van der Waals surface area contributed by atoms with Gasteiger partial charge in [-0.3, -0.25) is 4.79 Å². The first-order valence-corrected chi connectivity index (χ1v) is 15.1. The molecule has 0 spiro atoms. The Morgan fingerprint density at radius 3 is 1.91 bits per heavy atom. The van der Waals surface area contributed by atoms with Gasteiger partial charge in [0.15, 0.2) is 0 Å². The molecule has 202 valence electrons. The minimum absolute atomic E-state index is 0.00142. The Hall–Kier alpha value is -1.51. The number of unbranched alkanes of at least 4 members (excludes halogenated alkanes) is 11. The molecule has 0 radical (unpaired) electrons. The number of hydrogen-bond acceptors (Lipinski definition) is 3. The molecule has 1 N–H and O–H groups in total. The maximum absolute atomic E-state index is 11.9. The number of phenolic OH excluding ortho intramolecular Hbond substituents is 1. The first kappa shape index (κ1) is 31.5. The van der Waals surface area contributed by atoms with Gasteiger partial charge in [0.1, 0.15) is 5.75 Å². The highest BCUT2D eigenvalue weighted by Gasteiger charge is 2.14. The van der Waals surface area contributed by atoms with Crippen LogP contribution in [0.5, 0.6) is 5.75 Å². The molecule has 3 heteroatoms. The SMILES string of the molecule is CCCCC(CC)COC(=O)CCCCCCCCCCCCCC(CCC)c1ccccc1O. The number of benzene rings is 1. The summed E-state index contributed by atoms with van der Waals surface area (Å²) in [6.45, 7) is 7.26. The van der Waals surface area contributed by atoms with Gasteiger partial charge in [-0.25, -0.2) is 0 Å². The van der Waals surface area contributed by atoms with Crippen molar-refractivity contribution in [2.45, 2.75) is 149 Å². The van der Waals surface area contributed by atoms with E-state index in [0.717, 1.165) is 31.2 Å². The summed E-state index contributed by atoms with van der Waals surface area (Å²) in [5, 5.41) is 10.2. The van der Waals surface area contributed by atoms with E-state index in [-0.39, 0.29) is 5.97 Å². The molecule has 1 aromatic carbocycles. The number of ether oxygens (including phenoxy) is 1. The van der Waals surface area contributed by atoms with E-state index in [2.05, 4.69) is 26.8 Å². The van der Waals surface area contributed by atoms with Crippen molar-refractivity contribution in [3.63, 3.8) is 0 Å². The Kier molecular flexibility index (Phi) is 19.6. The molecule has 3 nitrogen and oxygen atoms in total. The monoisotopic (exact) mass is 488 g/mol. The summed E-state index contributed by atoms with van der Waals surface area (Å²) in [4.78, 5) is 11.9. The van der Waals surface area contributed by atoms with E-state index in [0.29, 0.717) is 30.6 Å². The van der Waals surface area contributed by atoms with E-state index >= 15 is 0 Å². The smallest absolute Gasteiger partial charge is 0.305 e. The number of carbonyl (C=O) groups excluding carboxylic acids is 1.